The molecule has 2 N–H and O–H groups in total. The Labute approximate surface area is 133 Å². The summed E-state index contributed by atoms with van der Waals surface area (Å²) in [6, 6.07) is 4.96. The van der Waals surface area contributed by atoms with Crippen LogP contribution in [0.1, 0.15) is 25.8 Å². The predicted molar refractivity (Wildman–Crippen MR) is 84.7 cm³/mol. The van der Waals surface area contributed by atoms with E-state index in [2.05, 4.69) is 15.8 Å². The third-order valence-corrected chi connectivity index (χ3v) is 3.11. The minimum Gasteiger partial charge on any atom is -0.355 e. The maximum Gasteiger partial charge on any atom is 0.249 e. The van der Waals surface area contributed by atoms with E-state index in [4.69, 9.17) is 23.2 Å². The van der Waals surface area contributed by atoms with Crippen LogP contribution in [0.2, 0.25) is 10.0 Å². The van der Waals surface area contributed by atoms with Crippen molar-refractivity contribution in [2.24, 2.45) is 11.0 Å². The summed E-state index contributed by atoms with van der Waals surface area (Å²) in [5.74, 6) is -0.469. The fourth-order valence-corrected chi connectivity index (χ4v) is 1.64. The Hall–Kier alpha value is -1.59. The van der Waals surface area contributed by atoms with Crippen molar-refractivity contribution < 1.29 is 9.59 Å². The van der Waals surface area contributed by atoms with Crippen molar-refractivity contribution in [3.63, 3.8) is 0 Å². The fraction of sp³-hybridized carbons (Fsp3) is 0.357. The van der Waals surface area contributed by atoms with E-state index in [-0.39, 0.29) is 12.3 Å². The lowest BCUT2D eigenvalue weighted by Gasteiger charge is -2.06. The summed E-state index contributed by atoms with van der Waals surface area (Å²) in [6.45, 7) is 4.49. The molecule has 0 aromatic heterocycles. The molecule has 0 saturated carbocycles. The van der Waals surface area contributed by atoms with Crippen LogP contribution in [0.15, 0.2) is 23.3 Å². The zero-order valence-corrected chi connectivity index (χ0v) is 13.3. The van der Waals surface area contributed by atoms with E-state index in [1.54, 1.807) is 18.2 Å². The van der Waals surface area contributed by atoms with E-state index in [0.29, 0.717) is 28.1 Å². The summed E-state index contributed by atoms with van der Waals surface area (Å²) in [5, 5.41) is 7.25. The number of nitrogens with one attached hydrogen (secondary N) is 2. The van der Waals surface area contributed by atoms with Crippen LogP contribution in [0.25, 0.3) is 0 Å². The maximum absolute atomic E-state index is 11.5. The second kappa shape index (κ2) is 8.64. The molecule has 0 aliphatic rings. The first kappa shape index (κ1) is 17.5. The zero-order chi connectivity index (χ0) is 15.8. The molecule has 5 nitrogen and oxygen atoms in total. The van der Waals surface area contributed by atoms with Gasteiger partial charge in [0.1, 0.15) is 6.42 Å². The highest BCUT2D eigenvalue weighted by Gasteiger charge is 2.08. The van der Waals surface area contributed by atoms with E-state index in [9.17, 15) is 9.59 Å². The number of nitrogens with zero attached hydrogens (tertiary/aromatic N) is 1. The van der Waals surface area contributed by atoms with Gasteiger partial charge in [0, 0.05) is 6.54 Å². The number of amides is 2. The van der Waals surface area contributed by atoms with E-state index in [0.717, 1.165) is 0 Å². The molecule has 0 spiro atoms. The Morgan fingerprint density at radius 2 is 1.95 bits per heavy atom. The van der Waals surface area contributed by atoms with E-state index in [1.807, 2.05) is 13.8 Å². The Kier molecular flexibility index (Phi) is 7.19. The van der Waals surface area contributed by atoms with Gasteiger partial charge in [0.05, 0.1) is 16.3 Å². The van der Waals surface area contributed by atoms with Gasteiger partial charge < -0.3 is 5.32 Å². The van der Waals surface area contributed by atoms with Crippen molar-refractivity contribution in [3.05, 3.63) is 33.8 Å². The van der Waals surface area contributed by atoms with Gasteiger partial charge in [-0.2, -0.15) is 5.10 Å². The molecular weight excluding hydrogens is 313 g/mol. The van der Waals surface area contributed by atoms with Crippen LogP contribution in [-0.4, -0.2) is 24.6 Å². The van der Waals surface area contributed by atoms with Crippen LogP contribution in [0.4, 0.5) is 0 Å². The van der Waals surface area contributed by atoms with Crippen LogP contribution in [0.3, 0.4) is 0 Å². The molecule has 114 valence electrons. The molecular formula is C14H17Cl2N3O2. The Bertz CT molecular complexity index is 545. The number of rotatable bonds is 6. The van der Waals surface area contributed by atoms with Gasteiger partial charge in [-0.1, -0.05) is 43.1 Å². The van der Waals surface area contributed by atoms with Gasteiger partial charge in [0.15, 0.2) is 0 Å². The lowest BCUT2D eigenvalue weighted by molar-refractivity contribution is -0.129. The topological polar surface area (TPSA) is 70.6 Å². The average Bonchev–Trinajstić information content (AvgIpc) is 2.40. The van der Waals surface area contributed by atoms with Crippen LogP contribution in [0.5, 0.6) is 0 Å². The van der Waals surface area contributed by atoms with Gasteiger partial charge >= 0.3 is 0 Å². The highest BCUT2D eigenvalue weighted by Crippen LogP contribution is 2.21. The van der Waals surface area contributed by atoms with Gasteiger partial charge in [-0.15, -0.1) is 0 Å². The third kappa shape index (κ3) is 7.11. The van der Waals surface area contributed by atoms with E-state index < -0.39 is 5.91 Å². The lowest BCUT2D eigenvalue weighted by atomic mass is 10.2. The van der Waals surface area contributed by atoms with Gasteiger partial charge in [0.25, 0.3) is 0 Å². The van der Waals surface area contributed by atoms with Crippen LogP contribution in [-0.2, 0) is 9.59 Å². The molecule has 7 heteroatoms. The largest absolute Gasteiger partial charge is 0.355 e. The summed E-state index contributed by atoms with van der Waals surface area (Å²) in [4.78, 5) is 22.9. The minimum atomic E-state index is -0.479. The Balaban J connectivity index is 2.40. The number of hydrogen-bond acceptors (Lipinski definition) is 3. The standard InChI is InChI=1S/C14H17Cl2N3O2/c1-9(2)7-17-13(20)6-14(21)19-18-8-10-3-4-11(15)12(16)5-10/h3-5,8-9H,6-7H2,1-2H3,(H,17,20)(H,19,21)/b18-8-. The van der Waals surface area contributed by atoms with Crippen LogP contribution < -0.4 is 10.7 Å². The molecule has 0 bridgehead atoms. The molecule has 0 radical (unpaired) electrons. The molecule has 0 atom stereocenters. The molecule has 0 heterocycles. The first-order valence-electron chi connectivity index (χ1n) is 6.42. The third-order valence-electron chi connectivity index (χ3n) is 2.38. The van der Waals surface area contributed by atoms with E-state index >= 15 is 0 Å². The quantitative estimate of drug-likeness (QED) is 0.478. The summed E-state index contributed by atoms with van der Waals surface area (Å²) in [6.07, 6.45) is 1.16. The molecule has 0 unspecified atom stereocenters. The predicted octanol–water partition coefficient (Wildman–Crippen LogP) is 2.61. The number of hydrazone groups is 1. The molecule has 1 aromatic carbocycles. The van der Waals surface area contributed by atoms with Crippen molar-refractivity contribution in [1.29, 1.82) is 0 Å². The van der Waals surface area contributed by atoms with Gasteiger partial charge in [-0.05, 0) is 23.6 Å². The van der Waals surface area contributed by atoms with Crippen LogP contribution in [0, 0.1) is 5.92 Å². The highest BCUT2D eigenvalue weighted by atomic mass is 35.5. The lowest BCUT2D eigenvalue weighted by Crippen LogP contribution is -2.32. The molecule has 0 saturated heterocycles. The summed E-state index contributed by atoms with van der Waals surface area (Å²) < 4.78 is 0. The summed E-state index contributed by atoms with van der Waals surface area (Å²) >= 11 is 11.6. The molecule has 0 aliphatic heterocycles. The molecule has 0 aliphatic carbocycles. The van der Waals surface area contributed by atoms with Crippen molar-refractivity contribution in [2.75, 3.05) is 6.54 Å². The number of carbonyl (C=O) groups excluding carboxylic acids is 2. The van der Waals surface area contributed by atoms with Gasteiger partial charge in [-0.3, -0.25) is 9.59 Å². The van der Waals surface area contributed by atoms with Crippen LogP contribution >= 0.6 is 23.2 Å². The molecule has 1 aromatic rings. The summed E-state index contributed by atoms with van der Waals surface area (Å²) in [5.41, 5.74) is 2.97. The van der Waals surface area contributed by atoms with Crippen molar-refractivity contribution in [1.82, 2.24) is 10.7 Å². The smallest absolute Gasteiger partial charge is 0.249 e. The monoisotopic (exact) mass is 329 g/mol. The Morgan fingerprint density at radius 1 is 1.24 bits per heavy atom. The second-order valence-corrected chi connectivity index (χ2v) is 5.66. The average molecular weight is 330 g/mol. The molecule has 2 amide bonds. The maximum atomic E-state index is 11.5. The molecule has 1 rings (SSSR count). The SMILES string of the molecule is CC(C)CNC(=O)CC(=O)N/N=C\c1ccc(Cl)c(Cl)c1. The normalized spacial score (nSPS) is 10.9. The highest BCUT2D eigenvalue weighted by molar-refractivity contribution is 6.42. The Morgan fingerprint density at radius 3 is 2.57 bits per heavy atom. The first-order chi connectivity index (χ1) is 9.88. The second-order valence-electron chi connectivity index (χ2n) is 4.84. The van der Waals surface area contributed by atoms with Crippen molar-refractivity contribution >= 4 is 41.2 Å². The number of halogens is 2. The van der Waals surface area contributed by atoms with Crippen molar-refractivity contribution in [2.45, 2.75) is 20.3 Å². The number of benzene rings is 1. The number of hydrogen-bond donors (Lipinski definition) is 2. The van der Waals surface area contributed by atoms with Gasteiger partial charge in [0.2, 0.25) is 11.8 Å². The summed E-state index contributed by atoms with van der Waals surface area (Å²) in [7, 11) is 0. The molecule has 0 fully saturated rings. The first-order valence-corrected chi connectivity index (χ1v) is 7.17. The van der Waals surface area contributed by atoms with Gasteiger partial charge in [-0.25, -0.2) is 5.43 Å². The zero-order valence-electron chi connectivity index (χ0n) is 11.8. The number of carbonyl (C=O) groups is 2. The van der Waals surface area contributed by atoms with Crippen molar-refractivity contribution in [3.8, 4) is 0 Å². The fourth-order valence-electron chi connectivity index (χ4n) is 1.34. The van der Waals surface area contributed by atoms with E-state index in [1.165, 1.54) is 6.21 Å². The minimum absolute atomic E-state index is 0.258. The molecule has 21 heavy (non-hydrogen) atoms.